The molecular weight excluding hydrogens is 233 g/mol. The van der Waals surface area contributed by atoms with Crippen LogP contribution in [0.1, 0.15) is 12.5 Å². The summed E-state index contributed by atoms with van der Waals surface area (Å²) in [7, 11) is 1.53. The Morgan fingerprint density at radius 1 is 1.56 bits per heavy atom. The molecule has 0 aliphatic rings. The monoisotopic (exact) mass is 245 g/mol. The molecule has 0 aliphatic carbocycles. The van der Waals surface area contributed by atoms with Gasteiger partial charge in [-0.3, -0.25) is 0 Å². The van der Waals surface area contributed by atoms with E-state index >= 15 is 0 Å². The Morgan fingerprint density at radius 3 is 2.81 bits per heavy atom. The summed E-state index contributed by atoms with van der Waals surface area (Å²) in [5.41, 5.74) is 0.291. The first-order valence-electron chi connectivity index (χ1n) is 4.87. The van der Waals surface area contributed by atoms with Gasteiger partial charge in [0.1, 0.15) is 5.82 Å². The minimum atomic E-state index is -0.498. The van der Waals surface area contributed by atoms with E-state index in [0.29, 0.717) is 10.6 Å². The summed E-state index contributed by atoms with van der Waals surface area (Å²) in [5, 5.41) is 0.302. The average Bonchev–Trinajstić information content (AvgIpc) is 2.23. The Labute approximate surface area is 98.8 Å². The second-order valence-corrected chi connectivity index (χ2v) is 3.66. The second kappa shape index (κ2) is 5.70. The lowest BCUT2D eigenvalue weighted by Crippen LogP contribution is -2.27. The minimum absolute atomic E-state index is 0.0876. The molecule has 0 saturated carbocycles. The lowest BCUT2D eigenvalue weighted by Gasteiger charge is -2.17. The Balaban J connectivity index is 2.76. The molecule has 16 heavy (non-hydrogen) atoms. The number of rotatable bonds is 3. The predicted octanol–water partition coefficient (Wildman–Crippen LogP) is 3.07. The van der Waals surface area contributed by atoms with Gasteiger partial charge in [0.05, 0.1) is 13.2 Å². The number of hydrogen-bond donors (Lipinski definition) is 0. The Kier molecular flexibility index (Phi) is 4.55. The number of benzene rings is 1. The summed E-state index contributed by atoms with van der Waals surface area (Å²) in [6, 6.07) is 4.41. The van der Waals surface area contributed by atoms with Crippen LogP contribution in [0, 0.1) is 5.82 Å². The lowest BCUT2D eigenvalue weighted by molar-refractivity contribution is 0.114. The smallest absolute Gasteiger partial charge is 0.409 e. The van der Waals surface area contributed by atoms with Gasteiger partial charge in [-0.1, -0.05) is 17.7 Å². The van der Waals surface area contributed by atoms with E-state index < -0.39 is 11.9 Å². The highest BCUT2D eigenvalue weighted by Gasteiger charge is 2.14. The van der Waals surface area contributed by atoms with Gasteiger partial charge in [0.15, 0.2) is 0 Å². The van der Waals surface area contributed by atoms with Crippen LogP contribution in [0.25, 0.3) is 0 Å². The standard InChI is InChI=1S/C11H13ClFNO2/c1-3-16-11(15)14(2)7-8-9(12)5-4-6-10(8)13/h4-6H,3,7H2,1-2H3. The van der Waals surface area contributed by atoms with Gasteiger partial charge in [-0.25, -0.2) is 9.18 Å². The average molecular weight is 246 g/mol. The van der Waals surface area contributed by atoms with Crippen molar-refractivity contribution in [2.45, 2.75) is 13.5 Å². The molecule has 0 atom stereocenters. The van der Waals surface area contributed by atoms with Crippen molar-refractivity contribution in [2.75, 3.05) is 13.7 Å². The fourth-order valence-corrected chi connectivity index (χ4v) is 1.44. The molecule has 3 nitrogen and oxygen atoms in total. The van der Waals surface area contributed by atoms with Gasteiger partial charge in [-0.05, 0) is 19.1 Å². The molecular formula is C11H13ClFNO2. The van der Waals surface area contributed by atoms with Crippen molar-refractivity contribution < 1.29 is 13.9 Å². The highest BCUT2D eigenvalue weighted by Crippen LogP contribution is 2.20. The minimum Gasteiger partial charge on any atom is -0.450 e. The van der Waals surface area contributed by atoms with Gasteiger partial charge >= 0.3 is 6.09 Å². The fraction of sp³-hybridized carbons (Fsp3) is 0.364. The van der Waals surface area contributed by atoms with Gasteiger partial charge in [-0.15, -0.1) is 0 Å². The molecule has 5 heteroatoms. The molecule has 1 amide bonds. The van der Waals surface area contributed by atoms with E-state index in [4.69, 9.17) is 16.3 Å². The first-order valence-corrected chi connectivity index (χ1v) is 5.24. The third-order valence-electron chi connectivity index (χ3n) is 2.04. The zero-order chi connectivity index (χ0) is 12.1. The molecule has 0 fully saturated rings. The Morgan fingerprint density at radius 2 is 2.25 bits per heavy atom. The molecule has 0 aliphatic heterocycles. The highest BCUT2D eigenvalue weighted by molar-refractivity contribution is 6.31. The van der Waals surface area contributed by atoms with Crippen LogP contribution in [-0.4, -0.2) is 24.6 Å². The highest BCUT2D eigenvalue weighted by atomic mass is 35.5. The zero-order valence-electron chi connectivity index (χ0n) is 9.17. The molecule has 1 rings (SSSR count). The summed E-state index contributed by atoms with van der Waals surface area (Å²) >= 11 is 5.84. The SMILES string of the molecule is CCOC(=O)N(C)Cc1c(F)cccc1Cl. The van der Waals surface area contributed by atoms with Crippen molar-refractivity contribution in [1.29, 1.82) is 0 Å². The normalized spacial score (nSPS) is 10.0. The maximum atomic E-state index is 13.4. The van der Waals surface area contributed by atoms with Gasteiger partial charge in [0.25, 0.3) is 0 Å². The quantitative estimate of drug-likeness (QED) is 0.819. The van der Waals surface area contributed by atoms with Crippen LogP contribution in [0.5, 0.6) is 0 Å². The van der Waals surface area contributed by atoms with Crippen molar-refractivity contribution in [1.82, 2.24) is 4.90 Å². The number of ether oxygens (including phenoxy) is 1. The zero-order valence-corrected chi connectivity index (χ0v) is 9.92. The summed E-state index contributed by atoms with van der Waals surface area (Å²) < 4.78 is 18.2. The Bertz CT molecular complexity index is 364. The van der Waals surface area contributed by atoms with Crippen LogP contribution >= 0.6 is 11.6 Å². The third kappa shape index (κ3) is 3.10. The van der Waals surface area contributed by atoms with Crippen LogP contribution in [0.15, 0.2) is 18.2 Å². The lowest BCUT2D eigenvalue weighted by atomic mass is 10.2. The fourth-order valence-electron chi connectivity index (χ4n) is 1.22. The van der Waals surface area contributed by atoms with Gasteiger partial charge in [-0.2, -0.15) is 0 Å². The van der Waals surface area contributed by atoms with E-state index in [1.165, 1.54) is 24.1 Å². The summed E-state index contributed by atoms with van der Waals surface area (Å²) in [6.45, 7) is 2.08. The van der Waals surface area contributed by atoms with Crippen molar-refractivity contribution in [3.63, 3.8) is 0 Å². The van der Waals surface area contributed by atoms with Crippen molar-refractivity contribution in [3.05, 3.63) is 34.6 Å². The van der Waals surface area contributed by atoms with E-state index in [-0.39, 0.29) is 13.2 Å². The first kappa shape index (κ1) is 12.8. The van der Waals surface area contributed by atoms with Crippen LogP contribution in [0.2, 0.25) is 5.02 Å². The molecule has 0 aromatic heterocycles. The molecule has 1 aromatic carbocycles. The molecule has 0 bridgehead atoms. The summed E-state index contributed by atoms with van der Waals surface area (Å²) in [4.78, 5) is 12.6. The van der Waals surface area contributed by atoms with Crippen LogP contribution < -0.4 is 0 Å². The van der Waals surface area contributed by atoms with Gasteiger partial charge in [0.2, 0.25) is 0 Å². The Hall–Kier alpha value is -1.29. The molecule has 0 N–H and O–H groups in total. The van der Waals surface area contributed by atoms with E-state index in [1.807, 2.05) is 0 Å². The maximum absolute atomic E-state index is 13.4. The van der Waals surface area contributed by atoms with E-state index in [1.54, 1.807) is 13.0 Å². The van der Waals surface area contributed by atoms with E-state index in [9.17, 15) is 9.18 Å². The number of carbonyl (C=O) groups is 1. The number of hydrogen-bond acceptors (Lipinski definition) is 2. The van der Waals surface area contributed by atoms with E-state index in [0.717, 1.165) is 0 Å². The molecule has 88 valence electrons. The summed E-state index contributed by atoms with van der Waals surface area (Å²) in [6.07, 6.45) is -0.498. The number of nitrogens with zero attached hydrogens (tertiary/aromatic N) is 1. The van der Waals surface area contributed by atoms with Crippen molar-refractivity contribution in [2.24, 2.45) is 0 Å². The van der Waals surface area contributed by atoms with Crippen LogP contribution in [0.4, 0.5) is 9.18 Å². The topological polar surface area (TPSA) is 29.5 Å². The van der Waals surface area contributed by atoms with E-state index in [2.05, 4.69) is 0 Å². The molecule has 0 saturated heterocycles. The molecule has 0 radical (unpaired) electrons. The van der Waals surface area contributed by atoms with Crippen molar-refractivity contribution >= 4 is 17.7 Å². The van der Waals surface area contributed by atoms with Gasteiger partial charge in [0, 0.05) is 17.6 Å². The second-order valence-electron chi connectivity index (χ2n) is 3.26. The number of amides is 1. The van der Waals surface area contributed by atoms with Crippen molar-refractivity contribution in [3.8, 4) is 0 Å². The predicted molar refractivity (Wildman–Crippen MR) is 59.9 cm³/mol. The summed E-state index contributed by atoms with van der Waals surface area (Å²) in [5.74, 6) is -0.427. The number of carbonyl (C=O) groups excluding carboxylic acids is 1. The molecule has 0 heterocycles. The number of halogens is 2. The molecule has 0 spiro atoms. The molecule has 1 aromatic rings. The maximum Gasteiger partial charge on any atom is 0.409 e. The van der Waals surface area contributed by atoms with Gasteiger partial charge < -0.3 is 9.64 Å². The van der Waals surface area contributed by atoms with Crippen LogP contribution in [0.3, 0.4) is 0 Å². The largest absolute Gasteiger partial charge is 0.450 e. The first-order chi connectivity index (χ1) is 7.56. The molecule has 0 unspecified atom stereocenters. The van der Waals surface area contributed by atoms with Crippen LogP contribution in [-0.2, 0) is 11.3 Å². The third-order valence-corrected chi connectivity index (χ3v) is 2.39.